The zero-order chi connectivity index (χ0) is 29.9. The van der Waals surface area contributed by atoms with Gasteiger partial charge in [0, 0.05) is 26.2 Å². The van der Waals surface area contributed by atoms with Gasteiger partial charge in [0.1, 0.15) is 21.1 Å². The number of esters is 1. The van der Waals surface area contributed by atoms with Crippen molar-refractivity contribution in [3.8, 4) is 0 Å². The second kappa shape index (κ2) is 13.2. The third-order valence-corrected chi connectivity index (χ3v) is 7.41. The molecule has 0 fully saturated rings. The van der Waals surface area contributed by atoms with E-state index in [-0.39, 0.29) is 24.2 Å². The van der Waals surface area contributed by atoms with Crippen molar-refractivity contribution < 1.29 is 37.9 Å². The number of carboxylic acid groups (broad SMARTS) is 1. The van der Waals surface area contributed by atoms with Gasteiger partial charge in [0.2, 0.25) is 16.0 Å². The number of hydrogen-bond acceptors (Lipinski definition) is 11. The number of rotatable bonds is 4. The maximum atomic E-state index is 11.8. The summed E-state index contributed by atoms with van der Waals surface area (Å²) in [6.45, 7) is 0. The van der Waals surface area contributed by atoms with Gasteiger partial charge in [-0.25, -0.2) is 28.8 Å². The fraction of sp³-hybridized carbons (Fsp3) is 0.217. The van der Waals surface area contributed by atoms with Crippen LogP contribution in [0.5, 0.6) is 0 Å². The minimum absolute atomic E-state index is 0. The highest BCUT2D eigenvalue weighted by atomic mass is 32.1. The largest absolute Gasteiger partial charge is 0.477 e. The molecule has 0 atom stereocenters. The summed E-state index contributed by atoms with van der Waals surface area (Å²) in [6, 6.07) is 4.60. The number of nitrogens with zero attached hydrogens (tertiary/aromatic N) is 3. The molecule has 41 heavy (non-hydrogen) atoms. The lowest BCUT2D eigenvalue weighted by Crippen LogP contribution is -2.36. The molecule has 0 aromatic carbocycles. The van der Waals surface area contributed by atoms with Gasteiger partial charge in [0.05, 0.1) is 16.5 Å². The van der Waals surface area contributed by atoms with Crippen LogP contribution in [0.15, 0.2) is 42.7 Å². The van der Waals surface area contributed by atoms with Gasteiger partial charge in [-0.05, 0) is 19.2 Å². The predicted molar refractivity (Wildman–Crippen MR) is 156 cm³/mol. The maximum absolute atomic E-state index is 11.8. The standard InChI is InChI=1S/C12H11BN2O5S.C10H7BN2O5S.CH4/c1-14(12(18)15(2)13)9-5-7-8(21-9)4-6(10(16)19-3)11(17)20-7;1-13(10(17)12-11)7-3-5-6(19-7)2-4(8(14)15)9(16)18-5;/h4-5H,1-3H3;2-3H,1H3,(H,12,17)(H,14,15);1H4. The number of anilines is 2. The number of carbonyl (C=O) groups excluding carboxylic acids is 3. The number of carboxylic acids is 1. The number of ether oxygens (including phenoxy) is 1. The van der Waals surface area contributed by atoms with Crippen molar-refractivity contribution in [1.82, 2.24) is 10.0 Å². The maximum Gasteiger partial charge on any atom is 0.351 e. The molecule has 4 aromatic heterocycles. The second-order valence-corrected chi connectivity index (χ2v) is 9.90. The average molecular weight is 600 g/mol. The van der Waals surface area contributed by atoms with Gasteiger partial charge in [0.15, 0.2) is 11.2 Å². The molecule has 0 spiro atoms. The van der Waals surface area contributed by atoms with Crippen molar-refractivity contribution in [2.75, 3.05) is 38.1 Å². The van der Waals surface area contributed by atoms with Crippen molar-refractivity contribution in [3.63, 3.8) is 0 Å². The van der Waals surface area contributed by atoms with E-state index in [0.29, 0.717) is 19.4 Å². The zero-order valence-electron chi connectivity index (χ0n) is 21.2. The van der Waals surface area contributed by atoms with Gasteiger partial charge < -0.3 is 28.7 Å². The molecule has 14 nitrogen and oxygen atoms in total. The van der Waals surface area contributed by atoms with Gasteiger partial charge in [-0.1, -0.05) is 7.43 Å². The number of nitrogens with one attached hydrogen (secondary N) is 1. The smallest absolute Gasteiger partial charge is 0.351 e. The molecule has 0 aliphatic carbocycles. The normalized spacial score (nSPS) is 10.1. The zero-order valence-corrected chi connectivity index (χ0v) is 22.9. The highest BCUT2D eigenvalue weighted by molar-refractivity contribution is 7.23. The monoisotopic (exact) mass is 600 g/mol. The van der Waals surface area contributed by atoms with Crippen LogP contribution in [-0.4, -0.2) is 78.1 Å². The Morgan fingerprint density at radius 2 is 1.34 bits per heavy atom. The highest BCUT2D eigenvalue weighted by Gasteiger charge is 2.20. The van der Waals surface area contributed by atoms with Crippen molar-refractivity contribution in [3.05, 3.63) is 56.2 Å². The Balaban J connectivity index is 0.000000281. The number of fused-ring (bicyclic) bond motifs is 2. The van der Waals surface area contributed by atoms with E-state index in [1.54, 1.807) is 0 Å². The Morgan fingerprint density at radius 3 is 1.78 bits per heavy atom. The first-order chi connectivity index (χ1) is 18.8. The lowest BCUT2D eigenvalue weighted by Gasteiger charge is -2.20. The Kier molecular flexibility index (Phi) is 10.5. The van der Waals surface area contributed by atoms with Crippen LogP contribution >= 0.6 is 22.7 Å². The molecule has 4 aromatic rings. The van der Waals surface area contributed by atoms with Crippen molar-refractivity contribution >= 4 is 93.2 Å². The summed E-state index contributed by atoms with van der Waals surface area (Å²) in [6.07, 6.45) is 0. The van der Waals surface area contributed by atoms with Crippen molar-refractivity contribution in [2.24, 2.45) is 0 Å². The number of carbonyl (C=O) groups is 4. The molecule has 18 heteroatoms. The lowest BCUT2D eigenvalue weighted by atomic mass is 10.3. The first-order valence-corrected chi connectivity index (χ1v) is 12.4. The van der Waals surface area contributed by atoms with E-state index in [2.05, 4.69) is 4.74 Å². The number of aromatic carboxylic acids is 1. The third-order valence-electron chi connectivity index (χ3n) is 5.13. The molecule has 0 aliphatic rings. The van der Waals surface area contributed by atoms with Crippen LogP contribution in [0.2, 0.25) is 0 Å². The van der Waals surface area contributed by atoms with Crippen LogP contribution < -0.4 is 26.3 Å². The van der Waals surface area contributed by atoms with Crippen molar-refractivity contribution in [2.45, 2.75) is 7.43 Å². The minimum Gasteiger partial charge on any atom is -0.477 e. The van der Waals surface area contributed by atoms with Gasteiger partial charge >= 0.3 is 35.3 Å². The highest BCUT2D eigenvalue weighted by Crippen LogP contribution is 2.33. The molecular formula is C23H22B2N4O10S2. The van der Waals surface area contributed by atoms with Gasteiger partial charge in [-0.3, -0.25) is 9.80 Å². The number of thiophene rings is 2. The van der Waals surface area contributed by atoms with Crippen molar-refractivity contribution in [1.29, 1.82) is 0 Å². The topological polar surface area (TPSA) is 180 Å². The van der Waals surface area contributed by atoms with E-state index in [1.165, 1.54) is 73.7 Å². The summed E-state index contributed by atoms with van der Waals surface area (Å²) < 4.78 is 15.4. The first-order valence-electron chi connectivity index (χ1n) is 10.8. The molecule has 0 unspecified atom stereocenters. The van der Waals surface area contributed by atoms with Crippen LogP contribution in [0.3, 0.4) is 0 Å². The van der Waals surface area contributed by atoms with Crippen LogP contribution in [0.1, 0.15) is 28.1 Å². The third kappa shape index (κ3) is 6.96. The van der Waals surface area contributed by atoms with Crippen LogP contribution in [0.25, 0.3) is 20.6 Å². The summed E-state index contributed by atoms with van der Waals surface area (Å²) in [7, 11) is 16.0. The fourth-order valence-corrected chi connectivity index (χ4v) is 5.03. The molecular weight excluding hydrogens is 578 g/mol. The summed E-state index contributed by atoms with van der Waals surface area (Å²) in [5.74, 6) is -2.13. The fourth-order valence-electron chi connectivity index (χ4n) is 3.06. The summed E-state index contributed by atoms with van der Waals surface area (Å²) in [5, 5.41) is 11.8. The van der Waals surface area contributed by atoms with E-state index < -0.39 is 40.8 Å². The Hall–Kier alpha value is -4.57. The molecule has 212 valence electrons. The Bertz CT molecular complexity index is 1740. The first kappa shape index (κ1) is 32.6. The van der Waals surface area contributed by atoms with E-state index >= 15 is 0 Å². The molecule has 0 aliphatic heterocycles. The Labute approximate surface area is 242 Å². The van der Waals surface area contributed by atoms with E-state index in [4.69, 9.17) is 29.9 Å². The van der Waals surface area contributed by atoms with Gasteiger partial charge in [0.25, 0.3) is 0 Å². The number of amides is 4. The molecule has 0 saturated carbocycles. The summed E-state index contributed by atoms with van der Waals surface area (Å²) in [4.78, 5) is 71.9. The van der Waals surface area contributed by atoms with Crippen LogP contribution in [0, 0.1) is 0 Å². The van der Waals surface area contributed by atoms with E-state index in [9.17, 15) is 28.8 Å². The number of hydrogen-bond donors (Lipinski definition) is 2. The molecule has 4 radical (unpaired) electrons. The average Bonchev–Trinajstić information content (AvgIpc) is 3.53. The van der Waals surface area contributed by atoms with Crippen LogP contribution in [-0.2, 0) is 4.74 Å². The minimum atomic E-state index is -1.36. The molecule has 4 rings (SSSR count). The van der Waals surface area contributed by atoms with E-state index in [0.717, 1.165) is 16.1 Å². The quantitative estimate of drug-likeness (QED) is 0.261. The second-order valence-electron chi connectivity index (χ2n) is 7.78. The number of urea groups is 2. The number of methoxy groups -OCH3 is 1. The molecule has 4 amide bonds. The molecule has 0 saturated heterocycles. The summed E-state index contributed by atoms with van der Waals surface area (Å²) >= 11 is 2.29. The molecule has 4 heterocycles. The van der Waals surface area contributed by atoms with Crippen LogP contribution in [0.4, 0.5) is 19.6 Å². The predicted octanol–water partition coefficient (Wildman–Crippen LogP) is 2.63. The molecule has 0 bridgehead atoms. The van der Waals surface area contributed by atoms with Gasteiger partial charge in [-0.15, -0.1) is 22.7 Å². The summed E-state index contributed by atoms with van der Waals surface area (Å²) in [5.41, 5.74) is -1.87. The van der Waals surface area contributed by atoms with Gasteiger partial charge in [-0.2, -0.15) is 0 Å². The SMILES string of the molecule is C.[B]N(C)C(=O)N(C)c1cc2oc(=O)c(C(=O)OC)cc2s1.[B]NC(=O)N(C)c1cc2oc(=O)c(C(=O)O)cc2s1. The van der Waals surface area contributed by atoms with E-state index in [1.807, 2.05) is 5.23 Å². The molecule has 2 N–H and O–H groups in total. The lowest BCUT2D eigenvalue weighted by molar-refractivity contribution is 0.0595. The Morgan fingerprint density at radius 1 is 0.878 bits per heavy atom.